The fourth-order valence-corrected chi connectivity index (χ4v) is 2.76. The van der Waals surface area contributed by atoms with E-state index < -0.39 is 5.97 Å². The number of halogens is 2. The van der Waals surface area contributed by atoms with E-state index in [4.69, 9.17) is 27.9 Å². The summed E-state index contributed by atoms with van der Waals surface area (Å²) in [5.41, 5.74) is -0.00845. The molecule has 0 atom stereocenters. The number of carboxylic acids is 1. The lowest BCUT2D eigenvalue weighted by Crippen LogP contribution is -2.45. The van der Waals surface area contributed by atoms with Crippen molar-refractivity contribution in [2.45, 2.75) is 0 Å². The van der Waals surface area contributed by atoms with E-state index in [1.165, 1.54) is 12.1 Å². The van der Waals surface area contributed by atoms with E-state index in [9.17, 15) is 9.90 Å². The molecule has 1 aromatic rings. The minimum absolute atomic E-state index is 0.00845. The predicted octanol–water partition coefficient (Wildman–Crippen LogP) is 2.32. The molecule has 0 spiro atoms. The molecule has 0 amide bonds. The average molecular weight is 333 g/mol. The lowest BCUT2D eigenvalue weighted by Gasteiger charge is -2.32. The third-order valence-corrected chi connectivity index (χ3v) is 3.99. The van der Waals surface area contributed by atoms with E-state index in [0.29, 0.717) is 6.61 Å². The van der Waals surface area contributed by atoms with E-state index in [2.05, 4.69) is 16.8 Å². The molecule has 0 unspecified atom stereocenters. The molecule has 1 aliphatic rings. The van der Waals surface area contributed by atoms with Gasteiger partial charge in [-0.1, -0.05) is 23.2 Å². The number of rotatable bonds is 5. The Balaban J connectivity index is 1.95. The van der Waals surface area contributed by atoms with Crippen molar-refractivity contribution in [2.75, 3.05) is 46.4 Å². The summed E-state index contributed by atoms with van der Waals surface area (Å²) in [5, 5.41) is 9.68. The van der Waals surface area contributed by atoms with Gasteiger partial charge in [0, 0.05) is 37.7 Å². The number of likely N-dealkylation sites (N-methyl/N-ethyl adjacent to an activating group) is 1. The first-order valence-corrected chi connectivity index (χ1v) is 7.49. The number of benzene rings is 1. The molecule has 1 fully saturated rings. The average Bonchev–Trinajstić information content (AvgIpc) is 2.42. The van der Waals surface area contributed by atoms with Gasteiger partial charge in [-0.05, 0) is 19.2 Å². The first kappa shape index (κ1) is 16.4. The van der Waals surface area contributed by atoms with Gasteiger partial charge in [0.05, 0.1) is 5.02 Å². The van der Waals surface area contributed by atoms with Gasteiger partial charge >= 0.3 is 5.97 Å². The summed E-state index contributed by atoms with van der Waals surface area (Å²) in [7, 11) is 2.10. The number of ether oxygens (including phenoxy) is 1. The highest BCUT2D eigenvalue weighted by Gasteiger charge is 2.18. The second-order valence-electron chi connectivity index (χ2n) is 5.06. The Bertz CT molecular complexity index is 517. The monoisotopic (exact) mass is 332 g/mol. The number of carboxylic acid groups (broad SMARTS) is 1. The Morgan fingerprint density at radius 2 is 1.95 bits per heavy atom. The van der Waals surface area contributed by atoms with E-state index in [0.717, 1.165) is 32.7 Å². The molecule has 2 rings (SSSR count). The Morgan fingerprint density at radius 3 is 2.57 bits per heavy atom. The number of piperazine rings is 1. The van der Waals surface area contributed by atoms with Crippen molar-refractivity contribution in [1.29, 1.82) is 0 Å². The Labute approximate surface area is 134 Å². The quantitative estimate of drug-likeness (QED) is 0.896. The molecule has 1 aliphatic heterocycles. The number of nitrogens with zero attached hydrogens (tertiary/aromatic N) is 2. The standard InChI is InChI=1S/C14H18Cl2N2O3/c1-17-2-4-18(5-3-17)6-7-21-13-11(14(19)20)8-10(15)9-12(13)16/h8-9H,2-7H2,1H3,(H,19,20). The first-order chi connectivity index (χ1) is 9.97. The minimum Gasteiger partial charge on any atom is -0.490 e. The van der Waals surface area contributed by atoms with Crippen LogP contribution in [0.5, 0.6) is 5.75 Å². The van der Waals surface area contributed by atoms with Crippen LogP contribution in [0.1, 0.15) is 10.4 Å². The summed E-state index contributed by atoms with van der Waals surface area (Å²) in [6.45, 7) is 5.17. The molecule has 0 aromatic heterocycles. The lowest BCUT2D eigenvalue weighted by molar-refractivity contribution is 0.0690. The smallest absolute Gasteiger partial charge is 0.339 e. The molecular formula is C14H18Cl2N2O3. The van der Waals surface area contributed by atoms with Gasteiger partial charge in [0.1, 0.15) is 12.2 Å². The van der Waals surface area contributed by atoms with Crippen molar-refractivity contribution in [3.8, 4) is 5.75 Å². The van der Waals surface area contributed by atoms with Gasteiger partial charge in [-0.2, -0.15) is 0 Å². The number of hydrogen-bond donors (Lipinski definition) is 1. The summed E-state index contributed by atoms with van der Waals surface area (Å²) >= 11 is 11.8. The van der Waals surface area contributed by atoms with E-state index >= 15 is 0 Å². The van der Waals surface area contributed by atoms with Crippen LogP contribution in [0.3, 0.4) is 0 Å². The van der Waals surface area contributed by atoms with Crippen LogP contribution >= 0.6 is 23.2 Å². The second-order valence-corrected chi connectivity index (χ2v) is 5.91. The molecule has 5 nitrogen and oxygen atoms in total. The molecule has 21 heavy (non-hydrogen) atoms. The summed E-state index contributed by atoms with van der Waals surface area (Å²) in [5.74, 6) is -0.920. The molecule has 0 bridgehead atoms. The molecular weight excluding hydrogens is 315 g/mol. The molecule has 0 saturated carbocycles. The summed E-state index contributed by atoms with van der Waals surface area (Å²) < 4.78 is 5.59. The van der Waals surface area contributed by atoms with Crippen LogP contribution in [0.25, 0.3) is 0 Å². The van der Waals surface area contributed by atoms with Gasteiger partial charge in [-0.25, -0.2) is 4.79 Å². The van der Waals surface area contributed by atoms with Crippen LogP contribution in [-0.4, -0.2) is 67.3 Å². The van der Waals surface area contributed by atoms with Gasteiger partial charge in [-0.15, -0.1) is 0 Å². The number of aromatic carboxylic acids is 1. The van der Waals surface area contributed by atoms with Crippen molar-refractivity contribution in [2.24, 2.45) is 0 Å². The largest absolute Gasteiger partial charge is 0.490 e. The topological polar surface area (TPSA) is 53.0 Å². The van der Waals surface area contributed by atoms with Crippen LogP contribution in [0.2, 0.25) is 10.0 Å². The number of carbonyl (C=O) groups is 1. The fourth-order valence-electron chi connectivity index (χ4n) is 2.21. The molecule has 1 heterocycles. The van der Waals surface area contributed by atoms with Crippen LogP contribution in [-0.2, 0) is 0 Å². The van der Waals surface area contributed by atoms with Crippen LogP contribution in [0.15, 0.2) is 12.1 Å². The maximum absolute atomic E-state index is 11.2. The number of hydrogen-bond acceptors (Lipinski definition) is 4. The minimum atomic E-state index is -1.10. The molecule has 0 aliphatic carbocycles. The van der Waals surface area contributed by atoms with Gasteiger partial charge in [0.25, 0.3) is 0 Å². The maximum atomic E-state index is 11.2. The summed E-state index contributed by atoms with van der Waals surface area (Å²) in [6, 6.07) is 2.84. The molecule has 1 N–H and O–H groups in total. The van der Waals surface area contributed by atoms with Crippen LogP contribution in [0, 0.1) is 0 Å². The Hall–Kier alpha value is -1.01. The molecule has 0 radical (unpaired) electrons. The Kier molecular flexibility index (Phi) is 5.70. The zero-order chi connectivity index (χ0) is 15.4. The van der Waals surface area contributed by atoms with Crippen molar-refractivity contribution < 1.29 is 14.6 Å². The van der Waals surface area contributed by atoms with E-state index in [1.807, 2.05) is 0 Å². The van der Waals surface area contributed by atoms with Gasteiger partial charge in [0.15, 0.2) is 5.75 Å². The van der Waals surface area contributed by atoms with Crippen molar-refractivity contribution >= 4 is 29.2 Å². The van der Waals surface area contributed by atoms with Crippen molar-refractivity contribution in [1.82, 2.24) is 9.80 Å². The summed E-state index contributed by atoms with van der Waals surface area (Å²) in [4.78, 5) is 15.8. The highest BCUT2D eigenvalue weighted by molar-refractivity contribution is 6.36. The van der Waals surface area contributed by atoms with Gasteiger partial charge in [0.2, 0.25) is 0 Å². The van der Waals surface area contributed by atoms with Crippen LogP contribution < -0.4 is 4.74 Å². The van der Waals surface area contributed by atoms with Gasteiger partial charge in [-0.3, -0.25) is 4.90 Å². The third-order valence-electron chi connectivity index (χ3n) is 3.49. The summed E-state index contributed by atoms with van der Waals surface area (Å²) in [6.07, 6.45) is 0. The third kappa shape index (κ3) is 4.48. The fraction of sp³-hybridized carbons (Fsp3) is 0.500. The van der Waals surface area contributed by atoms with Gasteiger partial charge < -0.3 is 14.7 Å². The lowest BCUT2D eigenvalue weighted by atomic mass is 10.2. The molecule has 7 heteroatoms. The van der Waals surface area contributed by atoms with E-state index in [1.54, 1.807) is 0 Å². The zero-order valence-electron chi connectivity index (χ0n) is 11.8. The zero-order valence-corrected chi connectivity index (χ0v) is 13.3. The normalized spacial score (nSPS) is 16.9. The highest BCUT2D eigenvalue weighted by Crippen LogP contribution is 2.32. The maximum Gasteiger partial charge on any atom is 0.339 e. The Morgan fingerprint density at radius 1 is 1.29 bits per heavy atom. The van der Waals surface area contributed by atoms with Crippen molar-refractivity contribution in [3.05, 3.63) is 27.7 Å². The van der Waals surface area contributed by atoms with Crippen molar-refractivity contribution in [3.63, 3.8) is 0 Å². The molecule has 1 saturated heterocycles. The second kappa shape index (κ2) is 7.31. The van der Waals surface area contributed by atoms with Crippen LogP contribution in [0.4, 0.5) is 0 Å². The predicted molar refractivity (Wildman–Crippen MR) is 82.9 cm³/mol. The molecule has 116 valence electrons. The highest BCUT2D eigenvalue weighted by atomic mass is 35.5. The molecule has 1 aromatic carbocycles. The SMILES string of the molecule is CN1CCN(CCOc2c(Cl)cc(Cl)cc2C(=O)O)CC1. The van der Waals surface area contributed by atoms with E-state index in [-0.39, 0.29) is 21.4 Å². The first-order valence-electron chi connectivity index (χ1n) is 6.73.